The standard InChI is InChI=1S/C12H26N2/c1-5-13-9-12(10(2)3)14-8-6-7-11(14)4/h10-13H,5-9H2,1-4H3. The maximum absolute atomic E-state index is 3.49. The summed E-state index contributed by atoms with van der Waals surface area (Å²) < 4.78 is 0. The van der Waals surface area contributed by atoms with Crippen LogP contribution in [0.4, 0.5) is 0 Å². The van der Waals surface area contributed by atoms with Crippen molar-refractivity contribution < 1.29 is 0 Å². The van der Waals surface area contributed by atoms with Crippen molar-refractivity contribution in [2.75, 3.05) is 19.6 Å². The normalized spacial score (nSPS) is 25.9. The lowest BCUT2D eigenvalue weighted by Crippen LogP contribution is -2.47. The molecule has 14 heavy (non-hydrogen) atoms. The molecule has 0 aromatic rings. The van der Waals surface area contributed by atoms with Gasteiger partial charge < -0.3 is 5.32 Å². The summed E-state index contributed by atoms with van der Waals surface area (Å²) in [7, 11) is 0. The Morgan fingerprint density at radius 1 is 1.43 bits per heavy atom. The number of hydrogen-bond donors (Lipinski definition) is 1. The van der Waals surface area contributed by atoms with E-state index in [0.717, 1.165) is 31.1 Å². The smallest absolute Gasteiger partial charge is 0.0246 e. The van der Waals surface area contributed by atoms with Gasteiger partial charge in [-0.05, 0) is 38.8 Å². The number of likely N-dealkylation sites (tertiary alicyclic amines) is 1. The third-order valence-electron chi connectivity index (χ3n) is 3.40. The van der Waals surface area contributed by atoms with E-state index in [1.807, 2.05) is 0 Å². The molecular formula is C12H26N2. The molecule has 1 aliphatic rings. The predicted molar refractivity (Wildman–Crippen MR) is 62.6 cm³/mol. The Balaban J connectivity index is 2.48. The van der Waals surface area contributed by atoms with Crippen LogP contribution >= 0.6 is 0 Å². The molecule has 0 aromatic heterocycles. The van der Waals surface area contributed by atoms with Gasteiger partial charge in [0.05, 0.1) is 0 Å². The molecule has 2 unspecified atom stereocenters. The van der Waals surface area contributed by atoms with Crippen LogP contribution in [0.1, 0.15) is 40.5 Å². The van der Waals surface area contributed by atoms with Crippen LogP contribution in [0, 0.1) is 5.92 Å². The maximum Gasteiger partial charge on any atom is 0.0246 e. The molecule has 1 heterocycles. The molecule has 2 nitrogen and oxygen atoms in total. The van der Waals surface area contributed by atoms with Crippen LogP contribution in [0.5, 0.6) is 0 Å². The molecule has 84 valence electrons. The van der Waals surface area contributed by atoms with E-state index in [1.165, 1.54) is 19.4 Å². The summed E-state index contributed by atoms with van der Waals surface area (Å²) in [5, 5.41) is 3.49. The first-order valence-corrected chi connectivity index (χ1v) is 6.13. The van der Waals surface area contributed by atoms with E-state index in [4.69, 9.17) is 0 Å². The average molecular weight is 198 g/mol. The minimum absolute atomic E-state index is 0.729. The number of nitrogens with one attached hydrogen (secondary N) is 1. The van der Waals surface area contributed by atoms with Crippen molar-refractivity contribution in [3.8, 4) is 0 Å². The second kappa shape index (κ2) is 5.72. The third kappa shape index (κ3) is 2.96. The van der Waals surface area contributed by atoms with Crippen LogP contribution in [0.15, 0.2) is 0 Å². The number of hydrogen-bond acceptors (Lipinski definition) is 2. The zero-order valence-corrected chi connectivity index (χ0v) is 10.2. The molecule has 1 fully saturated rings. The molecule has 2 atom stereocenters. The SMILES string of the molecule is CCNCC(C(C)C)N1CCCC1C. The van der Waals surface area contributed by atoms with Gasteiger partial charge in [0, 0.05) is 18.6 Å². The van der Waals surface area contributed by atoms with Crippen LogP contribution in [0.2, 0.25) is 0 Å². The summed E-state index contributed by atoms with van der Waals surface area (Å²) in [6.45, 7) is 12.8. The van der Waals surface area contributed by atoms with Gasteiger partial charge in [0.15, 0.2) is 0 Å². The fraction of sp³-hybridized carbons (Fsp3) is 1.00. The first kappa shape index (κ1) is 12.0. The highest BCUT2D eigenvalue weighted by Crippen LogP contribution is 2.22. The predicted octanol–water partition coefficient (Wildman–Crippen LogP) is 2.10. The zero-order valence-electron chi connectivity index (χ0n) is 10.2. The fourth-order valence-electron chi connectivity index (χ4n) is 2.48. The average Bonchev–Trinajstić information content (AvgIpc) is 2.52. The first-order valence-electron chi connectivity index (χ1n) is 6.13. The van der Waals surface area contributed by atoms with Crippen LogP contribution in [0.25, 0.3) is 0 Å². The highest BCUT2D eigenvalue weighted by molar-refractivity contribution is 4.85. The van der Waals surface area contributed by atoms with E-state index >= 15 is 0 Å². The van der Waals surface area contributed by atoms with Crippen molar-refractivity contribution in [1.29, 1.82) is 0 Å². The monoisotopic (exact) mass is 198 g/mol. The first-order chi connectivity index (χ1) is 6.66. The molecule has 2 heteroatoms. The summed E-state index contributed by atoms with van der Waals surface area (Å²) >= 11 is 0. The van der Waals surface area contributed by atoms with Gasteiger partial charge in [0.25, 0.3) is 0 Å². The van der Waals surface area contributed by atoms with Crippen molar-refractivity contribution >= 4 is 0 Å². The van der Waals surface area contributed by atoms with Crippen LogP contribution < -0.4 is 5.32 Å². The van der Waals surface area contributed by atoms with E-state index in [9.17, 15) is 0 Å². The second-order valence-corrected chi connectivity index (χ2v) is 4.85. The Hall–Kier alpha value is -0.0800. The van der Waals surface area contributed by atoms with Crippen molar-refractivity contribution in [2.45, 2.75) is 52.6 Å². The van der Waals surface area contributed by atoms with E-state index in [0.29, 0.717) is 0 Å². The number of rotatable bonds is 5. The molecule has 0 radical (unpaired) electrons. The van der Waals surface area contributed by atoms with Crippen molar-refractivity contribution in [2.24, 2.45) is 5.92 Å². The lowest BCUT2D eigenvalue weighted by atomic mass is 10.0. The van der Waals surface area contributed by atoms with Crippen molar-refractivity contribution in [1.82, 2.24) is 10.2 Å². The fourth-order valence-corrected chi connectivity index (χ4v) is 2.48. The summed E-state index contributed by atoms with van der Waals surface area (Å²) in [4.78, 5) is 2.69. The van der Waals surface area contributed by atoms with Gasteiger partial charge in [-0.3, -0.25) is 4.90 Å². The van der Waals surface area contributed by atoms with Gasteiger partial charge in [-0.25, -0.2) is 0 Å². The lowest BCUT2D eigenvalue weighted by molar-refractivity contribution is 0.146. The molecule has 1 saturated heterocycles. The zero-order chi connectivity index (χ0) is 10.6. The highest BCUT2D eigenvalue weighted by Gasteiger charge is 2.28. The van der Waals surface area contributed by atoms with Gasteiger partial charge in [0.2, 0.25) is 0 Å². The Morgan fingerprint density at radius 3 is 2.57 bits per heavy atom. The minimum Gasteiger partial charge on any atom is -0.315 e. The lowest BCUT2D eigenvalue weighted by Gasteiger charge is -2.34. The molecule has 0 aliphatic carbocycles. The third-order valence-corrected chi connectivity index (χ3v) is 3.40. The van der Waals surface area contributed by atoms with Gasteiger partial charge in [-0.15, -0.1) is 0 Å². The Bertz CT molecular complexity index is 156. The Morgan fingerprint density at radius 2 is 2.14 bits per heavy atom. The second-order valence-electron chi connectivity index (χ2n) is 4.85. The Labute approximate surface area is 89.1 Å². The van der Waals surface area contributed by atoms with Gasteiger partial charge in [-0.1, -0.05) is 20.8 Å². The molecule has 1 aliphatic heterocycles. The van der Waals surface area contributed by atoms with Crippen molar-refractivity contribution in [3.63, 3.8) is 0 Å². The Kier molecular flexibility index (Phi) is 4.90. The summed E-state index contributed by atoms with van der Waals surface area (Å²) in [5.74, 6) is 0.759. The molecule has 1 rings (SSSR count). The molecular weight excluding hydrogens is 172 g/mol. The van der Waals surface area contributed by atoms with Gasteiger partial charge in [0.1, 0.15) is 0 Å². The molecule has 0 amide bonds. The summed E-state index contributed by atoms with van der Waals surface area (Å²) in [5.41, 5.74) is 0. The molecule has 0 bridgehead atoms. The van der Waals surface area contributed by atoms with E-state index in [2.05, 4.69) is 37.9 Å². The van der Waals surface area contributed by atoms with Gasteiger partial charge in [-0.2, -0.15) is 0 Å². The van der Waals surface area contributed by atoms with Crippen molar-refractivity contribution in [3.05, 3.63) is 0 Å². The van der Waals surface area contributed by atoms with Gasteiger partial charge >= 0.3 is 0 Å². The van der Waals surface area contributed by atoms with E-state index < -0.39 is 0 Å². The van der Waals surface area contributed by atoms with E-state index in [-0.39, 0.29) is 0 Å². The number of nitrogens with zero attached hydrogens (tertiary/aromatic N) is 1. The minimum atomic E-state index is 0.729. The molecule has 0 spiro atoms. The maximum atomic E-state index is 3.49. The summed E-state index contributed by atoms with van der Waals surface area (Å²) in [6.07, 6.45) is 2.77. The quantitative estimate of drug-likeness (QED) is 0.728. The van der Waals surface area contributed by atoms with Crippen LogP contribution in [0.3, 0.4) is 0 Å². The molecule has 0 saturated carbocycles. The van der Waals surface area contributed by atoms with E-state index in [1.54, 1.807) is 0 Å². The van der Waals surface area contributed by atoms with Crippen LogP contribution in [-0.2, 0) is 0 Å². The topological polar surface area (TPSA) is 15.3 Å². The highest BCUT2D eigenvalue weighted by atomic mass is 15.2. The largest absolute Gasteiger partial charge is 0.315 e. The van der Waals surface area contributed by atoms with Crippen LogP contribution in [-0.4, -0.2) is 36.6 Å². The number of likely N-dealkylation sites (N-methyl/N-ethyl adjacent to an activating group) is 1. The summed E-state index contributed by atoms with van der Waals surface area (Å²) in [6, 6.07) is 1.52. The molecule has 0 aromatic carbocycles. The molecule has 1 N–H and O–H groups in total.